The molecule has 11 nitrogen and oxygen atoms in total. The van der Waals surface area contributed by atoms with Gasteiger partial charge in [0.05, 0.1) is 24.4 Å². The average molecular weight is 750 g/mol. The van der Waals surface area contributed by atoms with Gasteiger partial charge in [0.25, 0.3) is 0 Å². The largest absolute Gasteiger partial charge is 0.392 e. The molecule has 2 rings (SSSR count). The Morgan fingerprint density at radius 1 is 0.741 bits per heavy atom. The molecule has 0 spiro atoms. The summed E-state index contributed by atoms with van der Waals surface area (Å²) >= 11 is 0. The lowest BCUT2D eigenvalue weighted by Crippen LogP contribution is -2.57. The fourth-order valence-electron chi connectivity index (χ4n) is 5.44. The van der Waals surface area contributed by atoms with Gasteiger partial charge in [-0.2, -0.15) is 0 Å². The third-order valence-corrected chi connectivity index (χ3v) is 8.91. The summed E-state index contributed by atoms with van der Waals surface area (Å²) in [6, 6.07) is -1.01. The third-order valence-electron chi connectivity index (χ3n) is 8.91. The van der Waals surface area contributed by atoms with Crippen LogP contribution in [-0.4, -0.2) is 98.1 Å². The van der Waals surface area contributed by atoms with Crippen LogP contribution in [0.5, 0.6) is 0 Å². The molecule has 1 aliphatic heterocycles. The number of carbonyl (C=O) groups is 3. The maximum absolute atomic E-state index is 11.8. The second-order valence-electron chi connectivity index (χ2n) is 13.5. The molecule has 296 valence electrons. The number of aliphatic hydroxyl groups is 5. The predicted molar refractivity (Wildman–Crippen MR) is 210 cm³/mol. The highest BCUT2D eigenvalue weighted by Gasteiger charge is 2.42. The lowest BCUT2D eigenvalue weighted by molar-refractivity contribution is -0.302. The van der Waals surface area contributed by atoms with Crippen LogP contribution in [0.15, 0.2) is 122 Å². The zero-order valence-electron chi connectivity index (χ0n) is 31.7. The van der Waals surface area contributed by atoms with E-state index in [4.69, 9.17) is 9.47 Å². The molecule has 0 bridgehead atoms. The van der Waals surface area contributed by atoms with E-state index in [0.717, 1.165) is 12.8 Å². The molecule has 54 heavy (non-hydrogen) atoms. The van der Waals surface area contributed by atoms with Gasteiger partial charge in [0, 0.05) is 30.8 Å². The summed E-state index contributed by atoms with van der Waals surface area (Å²) in [6.45, 7) is 7.18. The standard InChI is InChI=1S/C43H59NO10/c1-30(24-20-16-12-8-5-6-11-15-19-23-27-37(48)44-38-35(46)28-29-36(38)47)39(49)32(3)34(45)26-22-18-14-10-7-9-13-17-21-25-31(2)53-43-42(52)41(51)40(50)33(4)54-43/h5-11,13-15,17-24,26-27,30-34,38-43,45,49-52H,12,16,25,28-29H2,1-4H3,(H,44,48)/b8-5+,10-7?,11-6+,13-9?,18-14?,19-15?,21-17?,24-20?,26-22?,27-23?. The minimum absolute atomic E-state index is 0.131. The lowest BCUT2D eigenvalue weighted by Gasteiger charge is -2.39. The van der Waals surface area contributed by atoms with E-state index < -0.39 is 54.9 Å². The fourth-order valence-corrected chi connectivity index (χ4v) is 5.44. The number of nitrogens with one attached hydrogen (secondary N) is 1. The van der Waals surface area contributed by atoms with Crippen molar-refractivity contribution in [3.8, 4) is 0 Å². The molecule has 0 radical (unpaired) electrons. The summed E-state index contributed by atoms with van der Waals surface area (Å²) in [5.41, 5.74) is 0. The SMILES string of the molecule is CC(CC=CC=CC=CC=CC=CC(O)C(C)C(O)C(C)C=CCC/C=C/C=C/C=CC=CC(=O)NC1C(=O)CCC1=O)OC1OC(C)C(O)C(O)C1O. The number of allylic oxidation sites excluding steroid dienone is 16. The first-order valence-electron chi connectivity index (χ1n) is 18.6. The molecular weight excluding hydrogens is 690 g/mol. The Kier molecular flexibility index (Phi) is 22.1. The van der Waals surface area contributed by atoms with Gasteiger partial charge in [-0.1, -0.05) is 129 Å². The average Bonchev–Trinajstić information content (AvgIpc) is 3.46. The molecule has 0 aromatic heterocycles. The summed E-state index contributed by atoms with van der Waals surface area (Å²) in [5, 5.41) is 53.5. The first kappa shape index (κ1) is 46.1. The van der Waals surface area contributed by atoms with Gasteiger partial charge in [-0.05, 0) is 33.1 Å². The maximum atomic E-state index is 11.8. The molecule has 1 aliphatic carbocycles. The van der Waals surface area contributed by atoms with E-state index in [1.807, 2.05) is 99.8 Å². The minimum Gasteiger partial charge on any atom is -0.392 e. The molecular formula is C43H59NO10. The Hall–Kier alpha value is -4.07. The highest BCUT2D eigenvalue weighted by Crippen LogP contribution is 2.23. The summed E-state index contributed by atoms with van der Waals surface area (Å²) < 4.78 is 11.1. The lowest BCUT2D eigenvalue weighted by atomic mass is 9.88. The molecule has 1 heterocycles. The molecule has 6 N–H and O–H groups in total. The molecule has 2 aliphatic rings. The number of hydrogen-bond acceptors (Lipinski definition) is 10. The molecule has 1 saturated heterocycles. The van der Waals surface area contributed by atoms with Crippen molar-refractivity contribution in [1.29, 1.82) is 0 Å². The molecule has 11 heteroatoms. The Labute approximate surface area is 319 Å². The first-order valence-corrected chi connectivity index (χ1v) is 18.6. The number of ketones is 2. The smallest absolute Gasteiger partial charge is 0.244 e. The number of hydrogen-bond donors (Lipinski definition) is 6. The van der Waals surface area contributed by atoms with E-state index >= 15 is 0 Å². The van der Waals surface area contributed by atoms with Crippen LogP contribution in [0.4, 0.5) is 0 Å². The fraction of sp³-hybridized carbons (Fsp3) is 0.465. The van der Waals surface area contributed by atoms with Crippen LogP contribution in [0, 0.1) is 11.8 Å². The maximum Gasteiger partial charge on any atom is 0.244 e. The third kappa shape index (κ3) is 17.4. The Balaban J connectivity index is 1.59. The van der Waals surface area contributed by atoms with Gasteiger partial charge in [0.15, 0.2) is 17.9 Å². The van der Waals surface area contributed by atoms with E-state index in [-0.39, 0.29) is 42.3 Å². The van der Waals surface area contributed by atoms with Gasteiger partial charge >= 0.3 is 0 Å². The molecule has 1 amide bonds. The quantitative estimate of drug-likeness (QED) is 0.0324. The topological polar surface area (TPSA) is 183 Å². The van der Waals surface area contributed by atoms with Gasteiger partial charge in [-0.15, -0.1) is 0 Å². The Morgan fingerprint density at radius 3 is 1.91 bits per heavy atom. The highest BCUT2D eigenvalue weighted by atomic mass is 16.7. The van der Waals surface area contributed by atoms with Crippen molar-refractivity contribution in [3.05, 3.63) is 122 Å². The van der Waals surface area contributed by atoms with Crippen LogP contribution in [0.3, 0.4) is 0 Å². The normalized spacial score (nSPS) is 26.6. The van der Waals surface area contributed by atoms with E-state index in [2.05, 4.69) is 5.32 Å². The molecule has 1 saturated carbocycles. The Bertz CT molecular complexity index is 1450. The predicted octanol–water partition coefficient (Wildman–Crippen LogP) is 4.36. The summed E-state index contributed by atoms with van der Waals surface area (Å²) in [4.78, 5) is 35.0. The van der Waals surface area contributed by atoms with Gasteiger partial charge in [-0.25, -0.2) is 0 Å². The summed E-state index contributed by atoms with van der Waals surface area (Å²) in [6.07, 6.45) is 31.4. The second kappa shape index (κ2) is 25.9. The summed E-state index contributed by atoms with van der Waals surface area (Å²) in [5.74, 6) is -1.47. The van der Waals surface area contributed by atoms with E-state index in [1.54, 1.807) is 37.3 Å². The molecule has 10 atom stereocenters. The van der Waals surface area contributed by atoms with Crippen molar-refractivity contribution in [1.82, 2.24) is 5.32 Å². The number of ether oxygens (including phenoxy) is 2. The van der Waals surface area contributed by atoms with E-state index in [1.165, 1.54) is 12.2 Å². The zero-order chi connectivity index (χ0) is 39.9. The van der Waals surface area contributed by atoms with Gasteiger partial charge in [0.2, 0.25) is 5.91 Å². The number of unbranched alkanes of at least 4 members (excludes halogenated alkanes) is 1. The molecule has 2 fully saturated rings. The zero-order valence-corrected chi connectivity index (χ0v) is 31.7. The van der Waals surface area contributed by atoms with Crippen LogP contribution < -0.4 is 5.32 Å². The van der Waals surface area contributed by atoms with Crippen LogP contribution in [-0.2, 0) is 23.9 Å². The molecule has 0 aromatic rings. The Morgan fingerprint density at radius 2 is 1.28 bits per heavy atom. The highest BCUT2D eigenvalue weighted by molar-refractivity contribution is 6.14. The van der Waals surface area contributed by atoms with Crippen molar-refractivity contribution in [3.63, 3.8) is 0 Å². The number of amides is 1. The van der Waals surface area contributed by atoms with Gasteiger partial charge < -0.3 is 40.3 Å². The van der Waals surface area contributed by atoms with Crippen molar-refractivity contribution < 1.29 is 49.4 Å². The van der Waals surface area contributed by atoms with Gasteiger partial charge in [0.1, 0.15) is 24.4 Å². The van der Waals surface area contributed by atoms with Crippen molar-refractivity contribution in [2.24, 2.45) is 11.8 Å². The molecule has 10 unspecified atom stereocenters. The van der Waals surface area contributed by atoms with Crippen molar-refractivity contribution in [2.45, 2.75) is 115 Å². The first-order chi connectivity index (χ1) is 25.8. The van der Waals surface area contributed by atoms with Crippen LogP contribution in [0.25, 0.3) is 0 Å². The number of carbonyl (C=O) groups excluding carboxylic acids is 3. The van der Waals surface area contributed by atoms with E-state index in [9.17, 15) is 39.9 Å². The van der Waals surface area contributed by atoms with Crippen LogP contribution >= 0.6 is 0 Å². The van der Waals surface area contributed by atoms with Crippen LogP contribution in [0.2, 0.25) is 0 Å². The van der Waals surface area contributed by atoms with Crippen LogP contribution in [0.1, 0.15) is 59.8 Å². The second-order valence-corrected chi connectivity index (χ2v) is 13.5. The number of rotatable bonds is 21. The van der Waals surface area contributed by atoms with E-state index in [0.29, 0.717) is 6.42 Å². The monoisotopic (exact) mass is 749 g/mol. The summed E-state index contributed by atoms with van der Waals surface area (Å²) in [7, 11) is 0. The number of Topliss-reactive ketones (excluding diaryl/α,β-unsaturated/α-hetero) is 2. The van der Waals surface area contributed by atoms with Crippen molar-refractivity contribution >= 4 is 17.5 Å². The van der Waals surface area contributed by atoms with Crippen molar-refractivity contribution in [2.75, 3.05) is 0 Å². The van der Waals surface area contributed by atoms with Gasteiger partial charge in [-0.3, -0.25) is 14.4 Å². The number of aliphatic hydroxyl groups excluding tert-OH is 5. The minimum atomic E-state index is -1.32. The molecule has 0 aromatic carbocycles.